The molecule has 0 saturated carbocycles. The molecule has 2 aliphatic heterocycles. The number of hydrogen-bond acceptors (Lipinski definition) is 8. The van der Waals surface area contributed by atoms with E-state index in [1.807, 2.05) is 0 Å². The van der Waals surface area contributed by atoms with E-state index in [1.165, 1.54) is 19.4 Å². The van der Waals surface area contributed by atoms with Crippen LogP contribution in [-0.4, -0.2) is 70.8 Å². The molecule has 2 fully saturated rings. The quantitative estimate of drug-likeness (QED) is 0.532. The van der Waals surface area contributed by atoms with Crippen molar-refractivity contribution in [3.8, 4) is 0 Å². The van der Waals surface area contributed by atoms with Gasteiger partial charge in [-0.05, 0) is 0 Å². The van der Waals surface area contributed by atoms with Gasteiger partial charge in [-0.15, -0.1) is 0 Å². The number of ether oxygens (including phenoxy) is 4. The highest BCUT2D eigenvalue weighted by atomic mass is 16.7. The summed E-state index contributed by atoms with van der Waals surface area (Å²) in [6, 6.07) is 1.17. The number of aromatic nitrogens is 2. The second kappa shape index (κ2) is 7.36. The van der Waals surface area contributed by atoms with Crippen LogP contribution in [0.3, 0.4) is 0 Å². The Morgan fingerprint density at radius 3 is 2.72 bits per heavy atom. The van der Waals surface area contributed by atoms with Gasteiger partial charge < -0.3 is 29.2 Å². The van der Waals surface area contributed by atoms with Crippen molar-refractivity contribution >= 4 is 0 Å². The van der Waals surface area contributed by atoms with Crippen LogP contribution in [-0.2, 0) is 18.9 Å². The normalized spacial score (nSPS) is 32.0. The van der Waals surface area contributed by atoms with Gasteiger partial charge in [0, 0.05) is 32.2 Å². The standard InChI is InChI=1S/C15H22N2O8/c1-22-15(3-6-23-7-4-15)25-12-11(20)9(8-18)24-13(12)17-5-2-10(19)16-14(17)21/h2,5,9,11-13,18,20H,3-4,6-8H2,1H3,(H,16,19,21)/t9-,11?,12?,13-/m0/s1. The van der Waals surface area contributed by atoms with Crippen LogP contribution < -0.4 is 11.2 Å². The molecular formula is C15H22N2O8. The van der Waals surface area contributed by atoms with Crippen LogP contribution in [0.25, 0.3) is 0 Å². The molecule has 25 heavy (non-hydrogen) atoms. The Hall–Kier alpha value is -1.56. The largest absolute Gasteiger partial charge is 0.394 e. The molecule has 2 unspecified atom stereocenters. The molecular weight excluding hydrogens is 336 g/mol. The van der Waals surface area contributed by atoms with Gasteiger partial charge >= 0.3 is 5.69 Å². The topological polar surface area (TPSA) is 132 Å². The van der Waals surface area contributed by atoms with Crippen LogP contribution in [0, 0.1) is 0 Å². The molecule has 2 saturated heterocycles. The highest BCUT2D eigenvalue weighted by molar-refractivity contribution is 4.95. The Labute approximate surface area is 142 Å². The van der Waals surface area contributed by atoms with Crippen molar-refractivity contribution in [1.29, 1.82) is 0 Å². The highest BCUT2D eigenvalue weighted by Crippen LogP contribution is 2.37. The Balaban J connectivity index is 1.92. The minimum Gasteiger partial charge on any atom is -0.394 e. The summed E-state index contributed by atoms with van der Waals surface area (Å²) >= 11 is 0. The van der Waals surface area contributed by atoms with E-state index in [1.54, 1.807) is 0 Å². The Morgan fingerprint density at radius 1 is 1.40 bits per heavy atom. The summed E-state index contributed by atoms with van der Waals surface area (Å²) in [6.45, 7) is 0.424. The highest BCUT2D eigenvalue weighted by Gasteiger charge is 2.50. The average molecular weight is 358 g/mol. The molecule has 1 aromatic heterocycles. The zero-order valence-corrected chi connectivity index (χ0v) is 13.8. The third-order valence-electron chi connectivity index (χ3n) is 4.60. The number of H-pyrrole nitrogens is 1. The van der Waals surface area contributed by atoms with E-state index in [-0.39, 0.29) is 0 Å². The first kappa shape index (κ1) is 18.2. The second-order valence-electron chi connectivity index (χ2n) is 6.07. The molecule has 0 aromatic carbocycles. The van der Waals surface area contributed by atoms with Gasteiger partial charge in [0.25, 0.3) is 5.56 Å². The number of nitrogens with zero attached hydrogens (tertiary/aromatic N) is 1. The number of aromatic amines is 1. The predicted octanol–water partition coefficient (Wildman–Crippen LogP) is -1.67. The molecule has 10 heteroatoms. The number of methoxy groups -OCH3 is 1. The van der Waals surface area contributed by atoms with Gasteiger partial charge in [0.15, 0.2) is 12.0 Å². The lowest BCUT2D eigenvalue weighted by atomic mass is 10.1. The molecule has 0 spiro atoms. The summed E-state index contributed by atoms with van der Waals surface area (Å²) in [5.41, 5.74) is -1.25. The maximum atomic E-state index is 12.1. The van der Waals surface area contributed by atoms with Gasteiger partial charge in [0.1, 0.15) is 18.3 Å². The van der Waals surface area contributed by atoms with E-state index in [0.717, 1.165) is 4.57 Å². The predicted molar refractivity (Wildman–Crippen MR) is 83.0 cm³/mol. The molecule has 3 N–H and O–H groups in total. The molecule has 0 radical (unpaired) electrons. The van der Waals surface area contributed by atoms with E-state index < -0.39 is 48.2 Å². The van der Waals surface area contributed by atoms with E-state index in [2.05, 4.69) is 4.98 Å². The Kier molecular flexibility index (Phi) is 5.37. The lowest BCUT2D eigenvalue weighted by molar-refractivity contribution is -0.293. The molecule has 2 aliphatic rings. The number of hydrogen-bond donors (Lipinski definition) is 3. The summed E-state index contributed by atoms with van der Waals surface area (Å²) in [5.74, 6) is -0.984. The number of nitrogens with one attached hydrogen (secondary N) is 1. The van der Waals surface area contributed by atoms with Crippen LogP contribution in [0.4, 0.5) is 0 Å². The number of aliphatic hydroxyl groups excluding tert-OH is 2. The third kappa shape index (κ3) is 3.54. The van der Waals surface area contributed by atoms with Crippen molar-refractivity contribution < 1.29 is 29.2 Å². The molecule has 3 rings (SSSR count). The zero-order chi connectivity index (χ0) is 18.0. The molecule has 140 valence electrons. The maximum Gasteiger partial charge on any atom is 0.330 e. The summed E-state index contributed by atoms with van der Waals surface area (Å²) in [4.78, 5) is 25.5. The Morgan fingerprint density at radius 2 is 2.12 bits per heavy atom. The molecule has 0 aliphatic carbocycles. The van der Waals surface area contributed by atoms with Crippen LogP contribution in [0.15, 0.2) is 21.9 Å². The Bertz CT molecular complexity index is 695. The van der Waals surface area contributed by atoms with Crippen LogP contribution in [0.1, 0.15) is 19.1 Å². The van der Waals surface area contributed by atoms with Crippen molar-refractivity contribution in [2.45, 2.75) is 43.2 Å². The zero-order valence-electron chi connectivity index (χ0n) is 13.8. The first-order chi connectivity index (χ1) is 12.0. The van der Waals surface area contributed by atoms with Crippen molar-refractivity contribution in [1.82, 2.24) is 9.55 Å². The van der Waals surface area contributed by atoms with Gasteiger partial charge in [-0.2, -0.15) is 0 Å². The first-order valence-corrected chi connectivity index (χ1v) is 8.06. The third-order valence-corrected chi connectivity index (χ3v) is 4.60. The van der Waals surface area contributed by atoms with Crippen LogP contribution >= 0.6 is 0 Å². The first-order valence-electron chi connectivity index (χ1n) is 8.06. The van der Waals surface area contributed by atoms with Gasteiger partial charge in [-0.1, -0.05) is 0 Å². The summed E-state index contributed by atoms with van der Waals surface area (Å²) in [5, 5.41) is 19.9. The summed E-state index contributed by atoms with van der Waals surface area (Å²) < 4.78 is 23.6. The molecule has 4 atom stereocenters. The lowest BCUT2D eigenvalue weighted by Gasteiger charge is -2.39. The van der Waals surface area contributed by atoms with Crippen molar-refractivity contribution in [3.05, 3.63) is 33.1 Å². The second-order valence-corrected chi connectivity index (χ2v) is 6.07. The fourth-order valence-corrected chi connectivity index (χ4v) is 3.15. The van der Waals surface area contributed by atoms with E-state index >= 15 is 0 Å². The SMILES string of the molecule is COC1(OC2C(O)[C@H](CO)O[C@@H]2n2ccc(=O)[nH]c2=O)CCOCC1. The van der Waals surface area contributed by atoms with Crippen LogP contribution in [0.5, 0.6) is 0 Å². The molecule has 10 nitrogen and oxygen atoms in total. The van der Waals surface area contributed by atoms with Gasteiger partial charge in [-0.25, -0.2) is 4.79 Å². The smallest absolute Gasteiger partial charge is 0.330 e. The molecule has 3 heterocycles. The number of aliphatic hydroxyl groups is 2. The van der Waals surface area contributed by atoms with Gasteiger partial charge in [0.2, 0.25) is 0 Å². The van der Waals surface area contributed by atoms with Gasteiger partial charge in [-0.3, -0.25) is 14.3 Å². The monoisotopic (exact) mass is 358 g/mol. The van der Waals surface area contributed by atoms with E-state index in [9.17, 15) is 19.8 Å². The minimum absolute atomic E-state index is 0.435. The van der Waals surface area contributed by atoms with Crippen molar-refractivity contribution in [2.24, 2.45) is 0 Å². The fraction of sp³-hybridized carbons (Fsp3) is 0.733. The molecule has 0 bridgehead atoms. The van der Waals surface area contributed by atoms with Gasteiger partial charge in [0.05, 0.1) is 19.8 Å². The lowest BCUT2D eigenvalue weighted by Crippen LogP contribution is -2.49. The summed E-state index contributed by atoms with van der Waals surface area (Å²) in [7, 11) is 1.50. The molecule has 1 aromatic rings. The minimum atomic E-state index is -1.18. The average Bonchev–Trinajstić information content (AvgIpc) is 2.92. The van der Waals surface area contributed by atoms with Crippen LogP contribution in [0.2, 0.25) is 0 Å². The van der Waals surface area contributed by atoms with E-state index in [4.69, 9.17) is 18.9 Å². The summed E-state index contributed by atoms with van der Waals surface area (Å²) in [6.07, 6.45) is -1.94. The van der Waals surface area contributed by atoms with Crippen molar-refractivity contribution in [3.63, 3.8) is 0 Å². The maximum absolute atomic E-state index is 12.1. The number of rotatable bonds is 5. The molecule has 0 amide bonds. The van der Waals surface area contributed by atoms with E-state index in [0.29, 0.717) is 26.1 Å². The van der Waals surface area contributed by atoms with Crippen molar-refractivity contribution in [2.75, 3.05) is 26.9 Å². The fourth-order valence-electron chi connectivity index (χ4n) is 3.15.